The molecule has 0 aliphatic carbocycles. The van der Waals surface area contributed by atoms with E-state index < -0.39 is 18.2 Å². The first-order valence-electron chi connectivity index (χ1n) is 8.00. The molecule has 1 aromatic carbocycles. The minimum atomic E-state index is -0.518. The second-order valence-electron chi connectivity index (χ2n) is 5.97. The van der Waals surface area contributed by atoms with Gasteiger partial charge in [0.15, 0.2) is 11.9 Å². The molecule has 3 amide bonds. The highest BCUT2D eigenvalue weighted by Gasteiger charge is 2.51. The third-order valence-electron chi connectivity index (χ3n) is 4.72. The van der Waals surface area contributed by atoms with Crippen LogP contribution in [-0.4, -0.2) is 58.3 Å². The first-order chi connectivity index (χ1) is 12.1. The quantitative estimate of drug-likeness (QED) is 0.889. The van der Waals surface area contributed by atoms with Crippen molar-refractivity contribution in [3.63, 3.8) is 0 Å². The molecular weight excluding hydrogens is 324 g/mol. The van der Waals surface area contributed by atoms with Gasteiger partial charge in [-0.2, -0.15) is 0 Å². The topological polar surface area (TPSA) is 92.6 Å². The van der Waals surface area contributed by atoms with Crippen molar-refractivity contribution in [1.82, 2.24) is 25.0 Å². The van der Waals surface area contributed by atoms with Gasteiger partial charge in [-0.05, 0) is 31.2 Å². The van der Waals surface area contributed by atoms with Crippen LogP contribution in [0.2, 0.25) is 0 Å². The molecule has 25 heavy (non-hydrogen) atoms. The molecule has 1 N–H and O–H groups in total. The van der Waals surface area contributed by atoms with Crippen molar-refractivity contribution in [1.29, 1.82) is 0 Å². The molecular formula is C16H18N6O3. The van der Waals surface area contributed by atoms with Crippen LogP contribution in [0.5, 0.6) is 5.75 Å². The Morgan fingerprint density at radius 3 is 2.56 bits per heavy atom. The molecule has 1 saturated heterocycles. The van der Waals surface area contributed by atoms with Gasteiger partial charge < -0.3 is 14.5 Å². The van der Waals surface area contributed by atoms with E-state index in [2.05, 4.69) is 15.5 Å². The number of methoxy groups -OCH3 is 1. The van der Waals surface area contributed by atoms with E-state index in [1.54, 1.807) is 14.2 Å². The molecule has 0 spiro atoms. The van der Waals surface area contributed by atoms with E-state index in [-0.39, 0.29) is 5.91 Å². The van der Waals surface area contributed by atoms with Crippen molar-refractivity contribution in [2.45, 2.75) is 19.1 Å². The molecule has 2 aliphatic rings. The number of carbonyl (C=O) groups excluding carboxylic acids is 2. The van der Waals surface area contributed by atoms with E-state index in [1.807, 2.05) is 40.7 Å². The number of rotatable bonds is 3. The number of nitrogens with one attached hydrogen (secondary N) is 1. The zero-order valence-corrected chi connectivity index (χ0v) is 14.1. The Morgan fingerprint density at radius 2 is 1.92 bits per heavy atom. The number of imide groups is 1. The SMILES string of the molecule is CCN1c2nnc(-c3ccc(OC)cc3)n2C2C1C(=O)NC(=O)N2C. The molecule has 2 aliphatic heterocycles. The second-order valence-corrected chi connectivity index (χ2v) is 5.97. The maximum absolute atomic E-state index is 12.4. The summed E-state index contributed by atoms with van der Waals surface area (Å²) >= 11 is 0. The van der Waals surface area contributed by atoms with Crippen molar-refractivity contribution in [2.24, 2.45) is 0 Å². The Labute approximate surface area is 144 Å². The molecule has 2 unspecified atom stereocenters. The predicted octanol–water partition coefficient (Wildman–Crippen LogP) is 0.842. The highest BCUT2D eigenvalue weighted by Crippen LogP contribution is 2.40. The van der Waals surface area contributed by atoms with Gasteiger partial charge in [-0.1, -0.05) is 0 Å². The number of aromatic nitrogens is 3. The lowest BCUT2D eigenvalue weighted by Gasteiger charge is -2.36. The molecule has 1 aromatic heterocycles. The Hall–Kier alpha value is -3.10. The number of anilines is 1. The molecule has 3 heterocycles. The average molecular weight is 342 g/mol. The number of likely N-dealkylation sites (N-methyl/N-ethyl adjacent to an activating group) is 2. The maximum Gasteiger partial charge on any atom is 0.325 e. The fourth-order valence-electron chi connectivity index (χ4n) is 3.47. The van der Waals surface area contributed by atoms with Crippen LogP contribution in [0.25, 0.3) is 11.4 Å². The zero-order valence-electron chi connectivity index (χ0n) is 14.1. The molecule has 0 radical (unpaired) electrons. The van der Waals surface area contributed by atoms with Gasteiger partial charge in [0, 0.05) is 19.2 Å². The van der Waals surface area contributed by atoms with Crippen LogP contribution in [0.15, 0.2) is 24.3 Å². The number of carbonyl (C=O) groups is 2. The van der Waals surface area contributed by atoms with Crippen molar-refractivity contribution in [3.05, 3.63) is 24.3 Å². The summed E-state index contributed by atoms with van der Waals surface area (Å²) in [7, 11) is 3.27. The molecule has 0 saturated carbocycles. The fraction of sp³-hybridized carbons (Fsp3) is 0.375. The summed E-state index contributed by atoms with van der Waals surface area (Å²) < 4.78 is 7.04. The van der Waals surface area contributed by atoms with E-state index >= 15 is 0 Å². The van der Waals surface area contributed by atoms with Crippen molar-refractivity contribution >= 4 is 17.9 Å². The van der Waals surface area contributed by atoms with Crippen molar-refractivity contribution in [3.8, 4) is 17.1 Å². The lowest BCUT2D eigenvalue weighted by atomic mass is 10.1. The van der Waals surface area contributed by atoms with Gasteiger partial charge >= 0.3 is 6.03 Å². The number of benzene rings is 1. The Bertz CT molecular complexity index is 846. The van der Waals surface area contributed by atoms with Gasteiger partial charge in [0.1, 0.15) is 11.9 Å². The number of hydrogen-bond donors (Lipinski definition) is 1. The highest BCUT2D eigenvalue weighted by atomic mass is 16.5. The molecule has 4 rings (SSSR count). The molecule has 2 atom stereocenters. The largest absolute Gasteiger partial charge is 0.497 e. The van der Waals surface area contributed by atoms with Crippen LogP contribution in [0.4, 0.5) is 10.7 Å². The van der Waals surface area contributed by atoms with Gasteiger partial charge in [-0.25, -0.2) is 4.79 Å². The van der Waals surface area contributed by atoms with E-state index in [1.165, 1.54) is 4.90 Å². The Morgan fingerprint density at radius 1 is 1.20 bits per heavy atom. The summed E-state index contributed by atoms with van der Waals surface area (Å²) in [5.74, 6) is 1.61. The van der Waals surface area contributed by atoms with Gasteiger partial charge in [0.25, 0.3) is 5.91 Å². The summed E-state index contributed by atoms with van der Waals surface area (Å²) in [5, 5.41) is 11.0. The standard InChI is InChI=1S/C16H18N6O3/c1-4-21-11-13(23)17-16(24)20(2)14(11)22-12(18-19-15(21)22)9-5-7-10(25-3)8-6-9/h5-8,11,14H,4H2,1-3H3,(H,17,23,24). The van der Waals surface area contributed by atoms with E-state index in [0.29, 0.717) is 18.3 Å². The first kappa shape index (κ1) is 15.4. The number of fused-ring (bicyclic) bond motifs is 3. The molecule has 9 nitrogen and oxygen atoms in total. The Balaban J connectivity index is 1.85. The first-order valence-corrected chi connectivity index (χ1v) is 8.00. The lowest BCUT2D eigenvalue weighted by Crippen LogP contribution is -2.61. The lowest BCUT2D eigenvalue weighted by molar-refractivity contribution is -0.124. The molecule has 1 fully saturated rings. The Kier molecular flexibility index (Phi) is 3.38. The van der Waals surface area contributed by atoms with Gasteiger partial charge in [0.2, 0.25) is 5.95 Å². The number of amides is 3. The van der Waals surface area contributed by atoms with E-state index in [4.69, 9.17) is 4.74 Å². The van der Waals surface area contributed by atoms with Crippen molar-refractivity contribution < 1.29 is 14.3 Å². The second kappa shape index (κ2) is 5.47. The van der Waals surface area contributed by atoms with Gasteiger partial charge in [-0.15, -0.1) is 10.2 Å². The maximum atomic E-state index is 12.4. The number of urea groups is 1. The molecule has 2 aromatic rings. The highest BCUT2D eigenvalue weighted by molar-refractivity contribution is 6.02. The zero-order chi connectivity index (χ0) is 17.7. The summed E-state index contributed by atoms with van der Waals surface area (Å²) in [6, 6.07) is 6.49. The van der Waals surface area contributed by atoms with Crippen LogP contribution < -0.4 is 15.0 Å². The van der Waals surface area contributed by atoms with Crippen LogP contribution in [0.3, 0.4) is 0 Å². The molecule has 9 heteroatoms. The summed E-state index contributed by atoms with van der Waals surface area (Å²) in [6.45, 7) is 2.52. The van der Waals surface area contributed by atoms with E-state index in [9.17, 15) is 9.59 Å². The van der Waals surface area contributed by atoms with Crippen LogP contribution in [0, 0.1) is 0 Å². The average Bonchev–Trinajstić information content (AvgIpc) is 3.17. The third-order valence-corrected chi connectivity index (χ3v) is 4.72. The van der Waals surface area contributed by atoms with Crippen LogP contribution in [0.1, 0.15) is 13.1 Å². The number of nitrogens with zero attached hydrogens (tertiary/aromatic N) is 5. The van der Waals surface area contributed by atoms with Crippen molar-refractivity contribution in [2.75, 3.05) is 25.6 Å². The normalized spacial score (nSPS) is 21.9. The summed E-state index contributed by atoms with van der Waals surface area (Å²) in [6.07, 6.45) is -0.483. The monoisotopic (exact) mass is 342 g/mol. The third kappa shape index (κ3) is 2.08. The summed E-state index contributed by atoms with van der Waals surface area (Å²) in [5.41, 5.74) is 0.836. The smallest absolute Gasteiger partial charge is 0.325 e. The fourth-order valence-corrected chi connectivity index (χ4v) is 3.47. The number of hydrogen-bond acceptors (Lipinski definition) is 6. The van der Waals surface area contributed by atoms with Crippen LogP contribution >= 0.6 is 0 Å². The van der Waals surface area contributed by atoms with Gasteiger partial charge in [0.05, 0.1) is 7.11 Å². The number of ether oxygens (including phenoxy) is 1. The molecule has 130 valence electrons. The minimum absolute atomic E-state index is 0.318. The summed E-state index contributed by atoms with van der Waals surface area (Å²) in [4.78, 5) is 27.9. The minimum Gasteiger partial charge on any atom is -0.497 e. The van der Waals surface area contributed by atoms with Crippen LogP contribution in [-0.2, 0) is 4.79 Å². The van der Waals surface area contributed by atoms with E-state index in [0.717, 1.165) is 11.3 Å². The molecule has 0 bridgehead atoms. The van der Waals surface area contributed by atoms with Gasteiger partial charge in [-0.3, -0.25) is 14.7 Å². The predicted molar refractivity (Wildman–Crippen MR) is 89.2 cm³/mol.